The second-order valence-electron chi connectivity index (χ2n) is 4.41. The van der Waals surface area contributed by atoms with Gasteiger partial charge in [-0.15, -0.1) is 0 Å². The van der Waals surface area contributed by atoms with Crippen LogP contribution < -0.4 is 5.32 Å². The maximum atomic E-state index is 5.16. The summed E-state index contributed by atoms with van der Waals surface area (Å²) in [6.07, 6.45) is 3.54. The molecule has 0 aliphatic carbocycles. The van der Waals surface area contributed by atoms with E-state index in [1.165, 1.54) is 12.8 Å². The van der Waals surface area contributed by atoms with Crippen molar-refractivity contribution in [3.8, 4) is 0 Å². The van der Waals surface area contributed by atoms with Crippen molar-refractivity contribution in [2.45, 2.75) is 32.2 Å². The zero-order valence-corrected chi connectivity index (χ0v) is 12.0. The average molecular weight is 246 g/mol. The third-order valence-electron chi connectivity index (χ3n) is 2.96. The van der Waals surface area contributed by atoms with Crippen LogP contribution in [-0.2, 0) is 9.47 Å². The fraction of sp³-hybridized carbons (Fsp3) is 1.00. The molecule has 0 aromatic heterocycles. The highest BCUT2D eigenvalue weighted by Gasteiger charge is 2.11. The van der Waals surface area contributed by atoms with Gasteiger partial charge in [0.25, 0.3) is 0 Å². The number of hydrogen-bond acceptors (Lipinski definition) is 4. The van der Waals surface area contributed by atoms with E-state index in [0.29, 0.717) is 6.04 Å². The Labute approximate surface area is 107 Å². The van der Waals surface area contributed by atoms with Gasteiger partial charge in [0.15, 0.2) is 0 Å². The van der Waals surface area contributed by atoms with Crippen LogP contribution in [0.5, 0.6) is 0 Å². The lowest BCUT2D eigenvalue weighted by Gasteiger charge is -2.27. The molecule has 1 N–H and O–H groups in total. The Kier molecular flexibility index (Phi) is 12.2. The summed E-state index contributed by atoms with van der Waals surface area (Å²) in [5.41, 5.74) is 0. The Morgan fingerprint density at radius 1 is 1.12 bits per heavy atom. The van der Waals surface area contributed by atoms with Crippen molar-refractivity contribution in [2.75, 3.05) is 54.1 Å². The molecule has 17 heavy (non-hydrogen) atoms. The molecule has 0 aliphatic rings. The molecule has 4 nitrogen and oxygen atoms in total. The third-order valence-corrected chi connectivity index (χ3v) is 2.96. The zero-order valence-electron chi connectivity index (χ0n) is 12.0. The van der Waals surface area contributed by atoms with Crippen LogP contribution in [0.1, 0.15) is 26.2 Å². The minimum Gasteiger partial charge on any atom is -0.385 e. The summed E-state index contributed by atoms with van der Waals surface area (Å²) in [6.45, 7) is 7.05. The van der Waals surface area contributed by atoms with Crippen molar-refractivity contribution >= 4 is 0 Å². The predicted molar refractivity (Wildman–Crippen MR) is 72.6 cm³/mol. The Hall–Kier alpha value is -0.160. The molecule has 0 aromatic rings. The van der Waals surface area contributed by atoms with Crippen LogP contribution in [0.4, 0.5) is 0 Å². The summed E-state index contributed by atoms with van der Waals surface area (Å²) in [7, 11) is 5.56. The van der Waals surface area contributed by atoms with Gasteiger partial charge in [-0.05, 0) is 19.9 Å². The van der Waals surface area contributed by atoms with Crippen molar-refractivity contribution in [1.82, 2.24) is 10.2 Å². The van der Waals surface area contributed by atoms with Crippen LogP contribution in [0.25, 0.3) is 0 Å². The summed E-state index contributed by atoms with van der Waals surface area (Å²) in [4.78, 5) is 2.46. The fourth-order valence-corrected chi connectivity index (χ4v) is 1.93. The van der Waals surface area contributed by atoms with E-state index in [1.54, 1.807) is 14.2 Å². The monoisotopic (exact) mass is 246 g/mol. The molecular formula is C13H30N2O2. The van der Waals surface area contributed by atoms with Gasteiger partial charge in [0.1, 0.15) is 0 Å². The summed E-state index contributed by atoms with van der Waals surface area (Å²) in [5, 5.41) is 3.39. The Balaban J connectivity index is 3.95. The van der Waals surface area contributed by atoms with Crippen molar-refractivity contribution in [2.24, 2.45) is 0 Å². The molecule has 0 radical (unpaired) electrons. The minimum atomic E-state index is 0.583. The second-order valence-corrected chi connectivity index (χ2v) is 4.41. The number of hydrogen-bond donors (Lipinski definition) is 1. The molecule has 0 aromatic carbocycles. The van der Waals surface area contributed by atoms with Gasteiger partial charge in [-0.3, -0.25) is 4.90 Å². The zero-order chi connectivity index (χ0) is 12.9. The van der Waals surface area contributed by atoms with E-state index in [-0.39, 0.29) is 0 Å². The molecule has 4 heteroatoms. The van der Waals surface area contributed by atoms with Gasteiger partial charge in [0, 0.05) is 46.5 Å². The lowest BCUT2D eigenvalue weighted by Crippen LogP contribution is -2.41. The normalized spacial score (nSPS) is 13.2. The first-order chi connectivity index (χ1) is 8.28. The van der Waals surface area contributed by atoms with Gasteiger partial charge in [0.2, 0.25) is 0 Å². The molecule has 104 valence electrons. The van der Waals surface area contributed by atoms with Crippen LogP contribution in [0.2, 0.25) is 0 Å². The molecule has 0 amide bonds. The topological polar surface area (TPSA) is 33.7 Å². The summed E-state index contributed by atoms with van der Waals surface area (Å²) < 4.78 is 10.3. The standard InChI is InChI=1S/C13H30N2O2/c1-5-7-13(14-2)12-15(9-11-17-4)8-6-10-16-3/h13-14H,5-12H2,1-4H3. The predicted octanol–water partition coefficient (Wildman–Crippen LogP) is 1.36. The van der Waals surface area contributed by atoms with Crippen molar-refractivity contribution in [3.63, 3.8) is 0 Å². The Morgan fingerprint density at radius 2 is 1.82 bits per heavy atom. The van der Waals surface area contributed by atoms with E-state index >= 15 is 0 Å². The van der Waals surface area contributed by atoms with Crippen molar-refractivity contribution in [3.05, 3.63) is 0 Å². The first-order valence-electron chi connectivity index (χ1n) is 6.65. The Bertz CT molecular complexity index is 156. The van der Waals surface area contributed by atoms with E-state index < -0.39 is 0 Å². The molecule has 0 heterocycles. The smallest absolute Gasteiger partial charge is 0.0589 e. The number of methoxy groups -OCH3 is 2. The fourth-order valence-electron chi connectivity index (χ4n) is 1.93. The highest BCUT2D eigenvalue weighted by atomic mass is 16.5. The SMILES string of the molecule is CCCC(CN(CCCOC)CCOC)NC. The molecule has 1 unspecified atom stereocenters. The van der Waals surface area contributed by atoms with Gasteiger partial charge < -0.3 is 14.8 Å². The third kappa shape index (κ3) is 9.53. The number of nitrogens with one attached hydrogen (secondary N) is 1. The van der Waals surface area contributed by atoms with Gasteiger partial charge in [-0.25, -0.2) is 0 Å². The van der Waals surface area contributed by atoms with E-state index in [0.717, 1.165) is 39.3 Å². The van der Waals surface area contributed by atoms with Crippen molar-refractivity contribution in [1.29, 1.82) is 0 Å². The van der Waals surface area contributed by atoms with E-state index in [1.807, 2.05) is 7.05 Å². The molecular weight excluding hydrogens is 216 g/mol. The van der Waals surface area contributed by atoms with Gasteiger partial charge in [-0.1, -0.05) is 13.3 Å². The van der Waals surface area contributed by atoms with Gasteiger partial charge in [0.05, 0.1) is 6.61 Å². The average Bonchev–Trinajstić information content (AvgIpc) is 2.35. The van der Waals surface area contributed by atoms with Crippen LogP contribution in [-0.4, -0.2) is 65.1 Å². The summed E-state index contributed by atoms with van der Waals surface area (Å²) in [5.74, 6) is 0. The van der Waals surface area contributed by atoms with Gasteiger partial charge >= 0.3 is 0 Å². The first-order valence-corrected chi connectivity index (χ1v) is 6.65. The molecule has 1 atom stereocenters. The van der Waals surface area contributed by atoms with E-state index in [2.05, 4.69) is 17.1 Å². The lowest BCUT2D eigenvalue weighted by molar-refractivity contribution is 0.126. The minimum absolute atomic E-state index is 0.583. The van der Waals surface area contributed by atoms with Crippen LogP contribution >= 0.6 is 0 Å². The first kappa shape index (κ1) is 16.8. The van der Waals surface area contributed by atoms with E-state index in [9.17, 15) is 0 Å². The largest absolute Gasteiger partial charge is 0.385 e. The molecule has 0 fully saturated rings. The van der Waals surface area contributed by atoms with Crippen LogP contribution in [0.3, 0.4) is 0 Å². The number of likely N-dealkylation sites (N-methyl/N-ethyl adjacent to an activating group) is 1. The highest BCUT2D eigenvalue weighted by Crippen LogP contribution is 2.01. The number of nitrogens with zero attached hydrogens (tertiary/aromatic N) is 1. The van der Waals surface area contributed by atoms with Gasteiger partial charge in [-0.2, -0.15) is 0 Å². The molecule has 0 spiro atoms. The maximum Gasteiger partial charge on any atom is 0.0589 e. The lowest BCUT2D eigenvalue weighted by atomic mass is 10.1. The van der Waals surface area contributed by atoms with Crippen molar-refractivity contribution < 1.29 is 9.47 Å². The maximum absolute atomic E-state index is 5.16. The molecule has 0 bridgehead atoms. The Morgan fingerprint density at radius 3 is 2.35 bits per heavy atom. The number of ether oxygens (including phenoxy) is 2. The number of rotatable bonds is 12. The quantitative estimate of drug-likeness (QED) is 0.527. The van der Waals surface area contributed by atoms with Crippen LogP contribution in [0.15, 0.2) is 0 Å². The van der Waals surface area contributed by atoms with E-state index in [4.69, 9.17) is 9.47 Å². The summed E-state index contributed by atoms with van der Waals surface area (Å²) >= 11 is 0. The highest BCUT2D eigenvalue weighted by molar-refractivity contribution is 4.70. The molecule has 0 saturated carbocycles. The van der Waals surface area contributed by atoms with Crippen LogP contribution in [0, 0.1) is 0 Å². The molecule has 0 aliphatic heterocycles. The molecule has 0 saturated heterocycles. The second kappa shape index (κ2) is 12.3. The molecule has 0 rings (SSSR count). The summed E-state index contributed by atoms with van der Waals surface area (Å²) in [6, 6.07) is 0.583.